The Labute approximate surface area is 163 Å². The van der Waals surface area contributed by atoms with E-state index in [9.17, 15) is 9.90 Å². The maximum Gasteiger partial charge on any atom is 0.356 e. The first kappa shape index (κ1) is 20.0. The van der Waals surface area contributed by atoms with Crippen molar-refractivity contribution < 1.29 is 9.90 Å². The molecule has 0 aliphatic carbocycles. The topological polar surface area (TPSA) is 66.0 Å². The van der Waals surface area contributed by atoms with Gasteiger partial charge >= 0.3 is 5.97 Å². The lowest BCUT2D eigenvalue weighted by Crippen LogP contribution is -2.06. The van der Waals surface area contributed by atoms with E-state index in [-0.39, 0.29) is 24.0 Å². The van der Waals surface area contributed by atoms with Crippen LogP contribution in [0.25, 0.3) is 11.3 Å². The molecule has 0 spiro atoms. The van der Waals surface area contributed by atoms with Gasteiger partial charge in [-0.2, -0.15) is 5.10 Å². The fraction of sp³-hybridized carbons (Fsp3) is 0.200. The van der Waals surface area contributed by atoms with Crippen LogP contribution in [0, 0.1) is 13.8 Å². The molecule has 2 aromatic carbocycles. The first-order chi connectivity index (χ1) is 11.9. The molecule has 3 aromatic rings. The number of hydrogen-bond donors (Lipinski definition) is 2. The summed E-state index contributed by atoms with van der Waals surface area (Å²) in [5.41, 5.74) is 5.45. The summed E-state index contributed by atoms with van der Waals surface area (Å²) in [7, 11) is 0. The third-order valence-electron chi connectivity index (χ3n) is 4.46. The molecule has 1 unspecified atom stereocenters. The Morgan fingerprint density at radius 3 is 2.38 bits per heavy atom. The third-order valence-corrected chi connectivity index (χ3v) is 4.89. The summed E-state index contributed by atoms with van der Waals surface area (Å²) >= 11 is 6.12. The second-order valence-corrected chi connectivity index (χ2v) is 6.67. The molecule has 2 N–H and O–H groups in total. The number of nitrogens with zero attached hydrogens (tertiary/aromatic N) is 1. The molecule has 1 aromatic heterocycles. The smallest absolute Gasteiger partial charge is 0.356 e. The number of carboxylic acids is 1. The van der Waals surface area contributed by atoms with E-state index in [0.717, 1.165) is 22.3 Å². The van der Waals surface area contributed by atoms with Crippen LogP contribution >= 0.6 is 24.0 Å². The molecule has 0 aliphatic rings. The van der Waals surface area contributed by atoms with Crippen molar-refractivity contribution in [2.45, 2.75) is 26.7 Å². The van der Waals surface area contributed by atoms with Crippen LogP contribution < -0.4 is 0 Å². The Kier molecular flexibility index (Phi) is 6.11. The van der Waals surface area contributed by atoms with Gasteiger partial charge in [0.1, 0.15) is 0 Å². The van der Waals surface area contributed by atoms with E-state index < -0.39 is 5.97 Å². The molecule has 0 saturated carbocycles. The summed E-state index contributed by atoms with van der Waals surface area (Å²) < 4.78 is 0. The van der Waals surface area contributed by atoms with E-state index in [1.165, 1.54) is 0 Å². The zero-order chi connectivity index (χ0) is 18.1. The number of halogens is 2. The summed E-state index contributed by atoms with van der Waals surface area (Å²) in [6.07, 6.45) is 0. The van der Waals surface area contributed by atoms with Gasteiger partial charge in [0.15, 0.2) is 5.69 Å². The maximum absolute atomic E-state index is 11.7. The number of H-pyrrole nitrogens is 1. The standard InChI is InChI=1S/C20H19ClN2O2.ClH/c1-11-4-6-14(7-5-11)13(3)17-18(22-23-19(17)20(24)25)15-8-9-16(21)12(2)10-15;/h4-10,13H,1-3H3,(H,22,23)(H,24,25);1H. The second kappa shape index (κ2) is 7.94. The fourth-order valence-corrected chi connectivity index (χ4v) is 3.09. The molecule has 136 valence electrons. The van der Waals surface area contributed by atoms with E-state index in [0.29, 0.717) is 16.3 Å². The first-order valence-electron chi connectivity index (χ1n) is 8.03. The molecular formula is C20H20Cl2N2O2. The monoisotopic (exact) mass is 390 g/mol. The van der Waals surface area contributed by atoms with Gasteiger partial charge in [0, 0.05) is 22.1 Å². The summed E-state index contributed by atoms with van der Waals surface area (Å²) in [5, 5.41) is 17.2. The lowest BCUT2D eigenvalue weighted by Gasteiger charge is -2.15. The highest BCUT2D eigenvalue weighted by Crippen LogP contribution is 2.35. The van der Waals surface area contributed by atoms with Crippen LogP contribution in [0.1, 0.15) is 45.6 Å². The normalized spacial score (nSPS) is 11.7. The van der Waals surface area contributed by atoms with Crippen LogP contribution in [0.3, 0.4) is 0 Å². The average molecular weight is 391 g/mol. The summed E-state index contributed by atoms with van der Waals surface area (Å²) in [4.78, 5) is 11.7. The van der Waals surface area contributed by atoms with Crippen molar-refractivity contribution in [3.05, 3.63) is 75.4 Å². The van der Waals surface area contributed by atoms with Gasteiger partial charge in [0.2, 0.25) is 0 Å². The van der Waals surface area contributed by atoms with E-state index in [4.69, 9.17) is 11.6 Å². The predicted molar refractivity (Wildman–Crippen MR) is 107 cm³/mol. The SMILES string of the molecule is Cc1ccc(C(C)c2c(C(=O)O)n[nH]c2-c2ccc(Cl)c(C)c2)cc1.Cl. The lowest BCUT2D eigenvalue weighted by atomic mass is 9.88. The van der Waals surface area contributed by atoms with Gasteiger partial charge in [-0.15, -0.1) is 12.4 Å². The van der Waals surface area contributed by atoms with Crippen LogP contribution in [-0.4, -0.2) is 21.3 Å². The van der Waals surface area contributed by atoms with E-state index >= 15 is 0 Å². The van der Waals surface area contributed by atoms with Gasteiger partial charge in [-0.05, 0) is 37.1 Å². The van der Waals surface area contributed by atoms with Gasteiger partial charge in [-0.25, -0.2) is 4.79 Å². The average Bonchev–Trinajstić information content (AvgIpc) is 3.02. The molecular weight excluding hydrogens is 371 g/mol. The molecule has 1 heterocycles. The van der Waals surface area contributed by atoms with Crippen LogP contribution in [0.4, 0.5) is 0 Å². The van der Waals surface area contributed by atoms with Gasteiger partial charge in [0.05, 0.1) is 5.69 Å². The number of aryl methyl sites for hydroxylation is 2. The molecule has 0 amide bonds. The van der Waals surface area contributed by atoms with Gasteiger partial charge in [0.25, 0.3) is 0 Å². The largest absolute Gasteiger partial charge is 0.476 e. The number of aromatic amines is 1. The second-order valence-electron chi connectivity index (χ2n) is 6.26. The number of hydrogen-bond acceptors (Lipinski definition) is 2. The first-order valence-corrected chi connectivity index (χ1v) is 8.41. The molecule has 26 heavy (non-hydrogen) atoms. The van der Waals surface area contributed by atoms with Crippen LogP contribution in [0.2, 0.25) is 5.02 Å². The van der Waals surface area contributed by atoms with Gasteiger partial charge < -0.3 is 5.11 Å². The molecule has 0 bridgehead atoms. The Morgan fingerprint density at radius 1 is 1.15 bits per heavy atom. The molecule has 3 rings (SSSR count). The van der Waals surface area contributed by atoms with Crippen molar-refractivity contribution in [2.24, 2.45) is 0 Å². The van der Waals surface area contributed by atoms with Crippen molar-refractivity contribution in [2.75, 3.05) is 0 Å². The highest BCUT2D eigenvalue weighted by Gasteiger charge is 2.25. The Morgan fingerprint density at radius 2 is 1.81 bits per heavy atom. The Bertz CT molecular complexity index is 933. The zero-order valence-electron chi connectivity index (χ0n) is 14.7. The maximum atomic E-state index is 11.7. The Hall–Kier alpha value is -2.30. The molecule has 6 heteroatoms. The zero-order valence-corrected chi connectivity index (χ0v) is 16.3. The van der Waals surface area contributed by atoms with E-state index in [1.54, 1.807) is 0 Å². The molecule has 0 radical (unpaired) electrons. The van der Waals surface area contributed by atoms with Gasteiger partial charge in [-0.3, -0.25) is 5.10 Å². The van der Waals surface area contributed by atoms with Gasteiger partial charge in [-0.1, -0.05) is 54.4 Å². The van der Waals surface area contributed by atoms with Crippen molar-refractivity contribution in [3.63, 3.8) is 0 Å². The number of aromatic nitrogens is 2. The van der Waals surface area contributed by atoms with E-state index in [1.807, 2.05) is 63.2 Å². The van der Waals surface area contributed by atoms with Crippen molar-refractivity contribution in [1.29, 1.82) is 0 Å². The highest BCUT2D eigenvalue weighted by atomic mass is 35.5. The molecule has 0 fully saturated rings. The molecule has 4 nitrogen and oxygen atoms in total. The minimum absolute atomic E-state index is 0. The fourth-order valence-electron chi connectivity index (χ4n) is 2.98. The van der Waals surface area contributed by atoms with Crippen LogP contribution in [0.15, 0.2) is 42.5 Å². The molecule has 0 saturated heterocycles. The predicted octanol–water partition coefficient (Wildman–Crippen LogP) is 5.62. The van der Waals surface area contributed by atoms with Crippen molar-refractivity contribution in [3.8, 4) is 11.3 Å². The third kappa shape index (κ3) is 3.76. The minimum atomic E-state index is -1.04. The van der Waals surface area contributed by atoms with Crippen molar-refractivity contribution >= 4 is 30.0 Å². The molecule has 1 atom stereocenters. The number of benzene rings is 2. The van der Waals surface area contributed by atoms with Crippen LogP contribution in [0.5, 0.6) is 0 Å². The number of rotatable bonds is 4. The quantitative estimate of drug-likeness (QED) is 0.607. The van der Waals surface area contributed by atoms with Crippen molar-refractivity contribution in [1.82, 2.24) is 10.2 Å². The van der Waals surface area contributed by atoms with E-state index in [2.05, 4.69) is 10.2 Å². The number of carboxylic acid groups (broad SMARTS) is 1. The minimum Gasteiger partial charge on any atom is -0.476 e. The highest BCUT2D eigenvalue weighted by molar-refractivity contribution is 6.31. The summed E-state index contributed by atoms with van der Waals surface area (Å²) in [6.45, 7) is 5.94. The lowest BCUT2D eigenvalue weighted by molar-refractivity contribution is 0.0689. The van der Waals surface area contributed by atoms with Crippen LogP contribution in [-0.2, 0) is 0 Å². The number of aromatic carboxylic acids is 1. The number of carbonyl (C=O) groups is 1. The number of nitrogens with one attached hydrogen (secondary N) is 1. The summed E-state index contributed by atoms with van der Waals surface area (Å²) in [6, 6.07) is 13.7. The Balaban J connectivity index is 0.00000243. The molecule has 0 aliphatic heterocycles. The summed E-state index contributed by atoms with van der Waals surface area (Å²) in [5.74, 6) is -1.15.